The highest BCUT2D eigenvalue weighted by molar-refractivity contribution is 5.79. The molecule has 4 heteroatoms. The molecule has 0 aromatic carbocycles. The molecule has 0 aliphatic rings. The maximum absolute atomic E-state index is 10.2. The van der Waals surface area contributed by atoms with Crippen molar-refractivity contribution in [3.63, 3.8) is 0 Å². The maximum Gasteiger partial charge on any atom is 0.327 e. The number of carboxylic acid groups (broad SMARTS) is 1. The van der Waals surface area contributed by atoms with E-state index in [9.17, 15) is 15.0 Å². The number of hydrogen-bond acceptors (Lipinski definition) is 3. The second-order valence-electron chi connectivity index (χ2n) is 5.41. The number of carboxylic acids is 1. The molecule has 0 aromatic heterocycles. The van der Waals surface area contributed by atoms with Gasteiger partial charge < -0.3 is 15.3 Å². The Labute approximate surface area is 122 Å². The van der Waals surface area contributed by atoms with Crippen LogP contribution < -0.4 is 0 Å². The fourth-order valence-corrected chi connectivity index (χ4v) is 2.14. The van der Waals surface area contributed by atoms with Crippen molar-refractivity contribution in [3.8, 4) is 0 Å². The van der Waals surface area contributed by atoms with Crippen LogP contribution in [-0.2, 0) is 4.79 Å². The van der Waals surface area contributed by atoms with Crippen molar-refractivity contribution in [3.05, 3.63) is 12.2 Å². The van der Waals surface area contributed by atoms with Gasteiger partial charge in [0.1, 0.15) is 0 Å². The number of aliphatic hydroxyl groups is 2. The van der Waals surface area contributed by atoms with E-state index in [1.54, 1.807) is 6.08 Å². The van der Waals surface area contributed by atoms with Gasteiger partial charge in [-0.15, -0.1) is 0 Å². The minimum absolute atomic E-state index is 0.298. The van der Waals surface area contributed by atoms with Gasteiger partial charge in [-0.25, -0.2) is 4.79 Å². The number of rotatable bonds is 13. The molecule has 0 aliphatic heterocycles. The molecule has 0 aromatic rings. The average Bonchev–Trinajstić information content (AvgIpc) is 2.40. The molecule has 0 radical (unpaired) electrons. The van der Waals surface area contributed by atoms with Crippen molar-refractivity contribution in [1.29, 1.82) is 0 Å². The Kier molecular flexibility index (Phi) is 12.6. The number of allylic oxidation sites excluding steroid dienone is 1. The predicted molar refractivity (Wildman–Crippen MR) is 80.6 cm³/mol. The van der Waals surface area contributed by atoms with E-state index in [0.717, 1.165) is 25.3 Å². The summed E-state index contributed by atoms with van der Waals surface area (Å²) < 4.78 is 0. The highest BCUT2D eigenvalue weighted by Crippen LogP contribution is 2.13. The lowest BCUT2D eigenvalue weighted by Gasteiger charge is -2.14. The smallest absolute Gasteiger partial charge is 0.327 e. The second-order valence-corrected chi connectivity index (χ2v) is 5.41. The topological polar surface area (TPSA) is 77.8 Å². The summed E-state index contributed by atoms with van der Waals surface area (Å²) in [6, 6.07) is 0. The fourth-order valence-electron chi connectivity index (χ4n) is 2.14. The Balaban J connectivity index is 3.47. The molecule has 0 spiro atoms. The second kappa shape index (κ2) is 13.1. The van der Waals surface area contributed by atoms with Gasteiger partial charge in [-0.05, 0) is 38.5 Å². The summed E-state index contributed by atoms with van der Waals surface area (Å²) >= 11 is 0. The third kappa shape index (κ3) is 13.6. The summed E-state index contributed by atoms with van der Waals surface area (Å²) in [6.45, 7) is 2.17. The SMILES string of the molecule is CCCCCCC(O)CCC(O)CCCC=CC(=O)O. The van der Waals surface area contributed by atoms with E-state index >= 15 is 0 Å². The van der Waals surface area contributed by atoms with E-state index < -0.39 is 12.1 Å². The first-order chi connectivity index (χ1) is 9.56. The number of aliphatic carboxylic acids is 1. The Bertz CT molecular complexity index is 263. The third-order valence-electron chi connectivity index (χ3n) is 3.39. The van der Waals surface area contributed by atoms with Gasteiger partial charge in [0.25, 0.3) is 0 Å². The maximum atomic E-state index is 10.2. The normalized spacial score (nSPS) is 14.6. The molecule has 118 valence electrons. The Morgan fingerprint density at radius 2 is 1.55 bits per heavy atom. The van der Waals surface area contributed by atoms with E-state index in [-0.39, 0.29) is 6.10 Å². The molecular formula is C16H30O4. The fraction of sp³-hybridized carbons (Fsp3) is 0.812. The molecule has 0 bridgehead atoms. The standard InChI is InChI=1S/C16H30O4/c1-2-3-4-6-9-14(17)12-13-15(18)10-7-5-8-11-16(19)20/h8,11,14-15,17-18H,2-7,9-10,12-13H2,1H3,(H,19,20). The zero-order valence-electron chi connectivity index (χ0n) is 12.6. The molecule has 0 rings (SSSR count). The summed E-state index contributed by atoms with van der Waals surface area (Å²) in [5.74, 6) is -0.934. The van der Waals surface area contributed by atoms with Crippen LogP contribution in [0.15, 0.2) is 12.2 Å². The van der Waals surface area contributed by atoms with Gasteiger partial charge in [-0.1, -0.05) is 38.7 Å². The van der Waals surface area contributed by atoms with E-state index in [0.29, 0.717) is 25.7 Å². The summed E-state index contributed by atoms with van der Waals surface area (Å²) in [5, 5.41) is 28.0. The lowest BCUT2D eigenvalue weighted by atomic mass is 10.0. The Morgan fingerprint density at radius 3 is 2.10 bits per heavy atom. The minimum atomic E-state index is -0.934. The summed E-state index contributed by atoms with van der Waals surface area (Å²) in [4.78, 5) is 10.2. The number of hydrogen-bond donors (Lipinski definition) is 3. The molecule has 0 saturated heterocycles. The van der Waals surface area contributed by atoms with Crippen molar-refractivity contribution < 1.29 is 20.1 Å². The summed E-state index contributed by atoms with van der Waals surface area (Å²) in [6.07, 6.45) is 10.9. The molecule has 0 fully saturated rings. The first-order valence-electron chi connectivity index (χ1n) is 7.81. The third-order valence-corrected chi connectivity index (χ3v) is 3.39. The lowest BCUT2D eigenvalue weighted by Crippen LogP contribution is -2.13. The molecule has 2 atom stereocenters. The van der Waals surface area contributed by atoms with Crippen LogP contribution in [-0.4, -0.2) is 33.5 Å². The zero-order valence-corrected chi connectivity index (χ0v) is 12.6. The van der Waals surface area contributed by atoms with Crippen LogP contribution >= 0.6 is 0 Å². The van der Waals surface area contributed by atoms with Crippen LogP contribution in [0.1, 0.15) is 71.1 Å². The van der Waals surface area contributed by atoms with Crippen LogP contribution in [0.5, 0.6) is 0 Å². The van der Waals surface area contributed by atoms with Gasteiger partial charge in [-0.2, -0.15) is 0 Å². The molecule has 0 amide bonds. The highest BCUT2D eigenvalue weighted by atomic mass is 16.4. The minimum Gasteiger partial charge on any atom is -0.478 e. The van der Waals surface area contributed by atoms with Crippen LogP contribution in [0.4, 0.5) is 0 Å². The predicted octanol–water partition coefficient (Wildman–Crippen LogP) is 3.27. The lowest BCUT2D eigenvalue weighted by molar-refractivity contribution is -0.131. The van der Waals surface area contributed by atoms with Gasteiger partial charge in [-0.3, -0.25) is 0 Å². The van der Waals surface area contributed by atoms with Crippen molar-refractivity contribution in [2.45, 2.75) is 83.3 Å². The Hall–Kier alpha value is -0.870. The molecule has 0 heterocycles. The number of carbonyl (C=O) groups is 1. The quantitative estimate of drug-likeness (QED) is 0.359. The van der Waals surface area contributed by atoms with Gasteiger partial charge >= 0.3 is 5.97 Å². The van der Waals surface area contributed by atoms with E-state index in [1.165, 1.54) is 19.3 Å². The summed E-state index contributed by atoms with van der Waals surface area (Å²) in [5.41, 5.74) is 0. The first kappa shape index (κ1) is 19.1. The van der Waals surface area contributed by atoms with Crippen LogP contribution in [0.3, 0.4) is 0 Å². The van der Waals surface area contributed by atoms with Crippen LogP contribution in [0.25, 0.3) is 0 Å². The van der Waals surface area contributed by atoms with E-state index in [2.05, 4.69) is 6.92 Å². The summed E-state index contributed by atoms with van der Waals surface area (Å²) in [7, 11) is 0. The van der Waals surface area contributed by atoms with Crippen molar-refractivity contribution in [2.75, 3.05) is 0 Å². The Morgan fingerprint density at radius 1 is 0.950 bits per heavy atom. The molecule has 3 N–H and O–H groups in total. The molecule has 20 heavy (non-hydrogen) atoms. The zero-order chi connectivity index (χ0) is 15.2. The number of aliphatic hydroxyl groups excluding tert-OH is 2. The molecule has 2 unspecified atom stereocenters. The molecule has 0 aliphatic carbocycles. The first-order valence-corrected chi connectivity index (χ1v) is 7.81. The van der Waals surface area contributed by atoms with Crippen LogP contribution in [0, 0.1) is 0 Å². The monoisotopic (exact) mass is 286 g/mol. The van der Waals surface area contributed by atoms with Gasteiger partial charge in [0.05, 0.1) is 12.2 Å². The molecule has 0 saturated carbocycles. The molecule has 4 nitrogen and oxygen atoms in total. The average molecular weight is 286 g/mol. The highest BCUT2D eigenvalue weighted by Gasteiger charge is 2.08. The van der Waals surface area contributed by atoms with E-state index in [4.69, 9.17) is 5.11 Å². The van der Waals surface area contributed by atoms with Gasteiger partial charge in [0.2, 0.25) is 0 Å². The number of unbranched alkanes of at least 4 members (excludes halogenated alkanes) is 4. The largest absolute Gasteiger partial charge is 0.478 e. The molecular weight excluding hydrogens is 256 g/mol. The van der Waals surface area contributed by atoms with Crippen molar-refractivity contribution in [2.24, 2.45) is 0 Å². The van der Waals surface area contributed by atoms with Gasteiger partial charge in [0, 0.05) is 6.08 Å². The van der Waals surface area contributed by atoms with E-state index in [1.807, 2.05) is 0 Å². The van der Waals surface area contributed by atoms with Gasteiger partial charge in [0.15, 0.2) is 0 Å². The van der Waals surface area contributed by atoms with Crippen molar-refractivity contribution in [1.82, 2.24) is 0 Å². The van der Waals surface area contributed by atoms with Crippen molar-refractivity contribution >= 4 is 5.97 Å². The van der Waals surface area contributed by atoms with Crippen LogP contribution in [0.2, 0.25) is 0 Å².